The van der Waals surface area contributed by atoms with Crippen LogP contribution in [0.1, 0.15) is 25.2 Å². The van der Waals surface area contributed by atoms with Crippen molar-refractivity contribution < 1.29 is 4.42 Å². The van der Waals surface area contributed by atoms with E-state index in [9.17, 15) is 0 Å². The van der Waals surface area contributed by atoms with Gasteiger partial charge in [0.25, 0.3) is 0 Å². The molecule has 1 heteroatoms. The van der Waals surface area contributed by atoms with Gasteiger partial charge in [0, 0.05) is 17.4 Å². The number of benzene rings is 2. The highest BCUT2D eigenvalue weighted by Gasteiger charge is 2.11. The Labute approximate surface area is 119 Å². The van der Waals surface area contributed by atoms with E-state index in [-0.39, 0.29) is 0 Å². The zero-order chi connectivity index (χ0) is 13.9. The van der Waals surface area contributed by atoms with Crippen molar-refractivity contribution in [1.29, 1.82) is 0 Å². The number of fused-ring (bicyclic) bond motifs is 1. The van der Waals surface area contributed by atoms with E-state index in [2.05, 4.69) is 61.5 Å². The zero-order valence-corrected chi connectivity index (χ0v) is 11.9. The van der Waals surface area contributed by atoms with E-state index >= 15 is 0 Å². The Morgan fingerprint density at radius 1 is 1.00 bits per heavy atom. The summed E-state index contributed by atoms with van der Waals surface area (Å²) in [6, 6.07) is 16.9. The van der Waals surface area contributed by atoms with Gasteiger partial charge in [0.05, 0.1) is 0 Å². The molecular formula is C19H18O. The lowest BCUT2D eigenvalue weighted by Gasteiger charge is -2.00. The van der Waals surface area contributed by atoms with Crippen molar-refractivity contribution in [3.8, 4) is 11.1 Å². The lowest BCUT2D eigenvalue weighted by molar-refractivity contribution is 0.556. The smallest absolute Gasteiger partial charge is 0.135 e. The van der Waals surface area contributed by atoms with E-state index in [1.54, 1.807) is 0 Å². The molecule has 0 aliphatic heterocycles. The molecule has 0 fully saturated rings. The minimum Gasteiger partial charge on any atom is -0.460 e. The van der Waals surface area contributed by atoms with Crippen LogP contribution in [0.3, 0.4) is 0 Å². The van der Waals surface area contributed by atoms with E-state index in [0.717, 1.165) is 17.8 Å². The molecule has 3 rings (SSSR count). The highest BCUT2D eigenvalue weighted by Crippen LogP contribution is 2.31. The van der Waals surface area contributed by atoms with Gasteiger partial charge in [-0.15, -0.1) is 0 Å². The standard InChI is InChI=1S/C19H18O/c1-3-8-16-17-12-11-15(14-9-6-5-7-10-14)13-19(17)20-18(16)4-2/h3,5-13H,4H2,1-2H3/b8-3-. The number of hydrogen-bond acceptors (Lipinski definition) is 1. The predicted molar refractivity (Wildman–Crippen MR) is 85.7 cm³/mol. The van der Waals surface area contributed by atoms with Crippen LogP contribution in [0.15, 0.2) is 59.0 Å². The summed E-state index contributed by atoms with van der Waals surface area (Å²) in [5.74, 6) is 1.06. The van der Waals surface area contributed by atoms with Gasteiger partial charge in [-0.1, -0.05) is 55.5 Å². The lowest BCUT2D eigenvalue weighted by atomic mass is 10.0. The molecule has 0 bridgehead atoms. The van der Waals surface area contributed by atoms with Crippen molar-refractivity contribution in [3.63, 3.8) is 0 Å². The van der Waals surface area contributed by atoms with Crippen molar-refractivity contribution in [2.24, 2.45) is 0 Å². The molecule has 0 saturated carbocycles. The molecule has 0 spiro atoms. The second kappa shape index (κ2) is 5.38. The van der Waals surface area contributed by atoms with Crippen molar-refractivity contribution >= 4 is 17.0 Å². The van der Waals surface area contributed by atoms with Crippen LogP contribution in [0.2, 0.25) is 0 Å². The molecule has 0 amide bonds. The molecule has 1 nitrogen and oxygen atoms in total. The molecule has 3 aromatic rings. The van der Waals surface area contributed by atoms with E-state index in [0.29, 0.717) is 0 Å². The normalized spacial score (nSPS) is 11.5. The number of hydrogen-bond donors (Lipinski definition) is 0. The maximum atomic E-state index is 6.01. The Bertz CT molecular complexity index is 748. The van der Waals surface area contributed by atoms with Crippen molar-refractivity contribution in [2.75, 3.05) is 0 Å². The molecule has 0 aliphatic rings. The molecule has 0 saturated heterocycles. The van der Waals surface area contributed by atoms with Crippen LogP contribution in [-0.2, 0) is 6.42 Å². The SMILES string of the molecule is C/C=C\c1c(CC)oc2cc(-c3ccccc3)ccc12. The van der Waals surface area contributed by atoms with Gasteiger partial charge in [-0.05, 0) is 30.2 Å². The quantitative estimate of drug-likeness (QED) is 0.590. The molecule has 0 N–H and O–H groups in total. The molecule has 2 aromatic carbocycles. The average molecular weight is 262 g/mol. The van der Waals surface area contributed by atoms with Gasteiger partial charge in [-0.2, -0.15) is 0 Å². The summed E-state index contributed by atoms with van der Waals surface area (Å²) < 4.78 is 6.01. The molecule has 0 aliphatic carbocycles. The van der Waals surface area contributed by atoms with Crippen molar-refractivity contribution in [1.82, 2.24) is 0 Å². The van der Waals surface area contributed by atoms with Gasteiger partial charge < -0.3 is 4.42 Å². The van der Waals surface area contributed by atoms with Crippen LogP contribution >= 0.6 is 0 Å². The fraction of sp³-hybridized carbons (Fsp3) is 0.158. The third-order valence-electron chi connectivity index (χ3n) is 3.57. The maximum Gasteiger partial charge on any atom is 0.135 e. The molecule has 0 unspecified atom stereocenters. The molecule has 1 heterocycles. The second-order valence-electron chi connectivity index (χ2n) is 4.87. The molecule has 100 valence electrons. The van der Waals surface area contributed by atoms with Gasteiger partial charge in [0.15, 0.2) is 0 Å². The second-order valence-corrected chi connectivity index (χ2v) is 4.87. The lowest BCUT2D eigenvalue weighted by Crippen LogP contribution is -1.79. The van der Waals surface area contributed by atoms with Crippen LogP contribution < -0.4 is 0 Å². The Balaban J connectivity index is 2.18. The van der Waals surface area contributed by atoms with Crippen molar-refractivity contribution in [3.05, 3.63) is 65.9 Å². The minimum absolute atomic E-state index is 0.912. The van der Waals surface area contributed by atoms with Gasteiger partial charge >= 0.3 is 0 Å². The van der Waals surface area contributed by atoms with Crippen molar-refractivity contribution in [2.45, 2.75) is 20.3 Å². The number of furan rings is 1. The van der Waals surface area contributed by atoms with Crippen LogP contribution in [0.5, 0.6) is 0 Å². The van der Waals surface area contributed by atoms with Crippen LogP contribution in [-0.4, -0.2) is 0 Å². The number of rotatable bonds is 3. The Kier molecular flexibility index (Phi) is 3.42. The first kappa shape index (κ1) is 12.7. The third kappa shape index (κ3) is 2.16. The van der Waals surface area contributed by atoms with Crippen LogP contribution in [0, 0.1) is 0 Å². The highest BCUT2D eigenvalue weighted by molar-refractivity contribution is 5.91. The summed E-state index contributed by atoms with van der Waals surface area (Å²) in [6.07, 6.45) is 5.11. The first-order valence-electron chi connectivity index (χ1n) is 7.07. The molecule has 20 heavy (non-hydrogen) atoms. The predicted octanol–water partition coefficient (Wildman–Crippen LogP) is 5.70. The summed E-state index contributed by atoms with van der Waals surface area (Å²) in [7, 11) is 0. The summed E-state index contributed by atoms with van der Waals surface area (Å²) >= 11 is 0. The molecule has 0 atom stereocenters. The monoisotopic (exact) mass is 262 g/mol. The zero-order valence-electron chi connectivity index (χ0n) is 11.9. The average Bonchev–Trinajstić information content (AvgIpc) is 2.86. The topological polar surface area (TPSA) is 13.1 Å². The van der Waals surface area contributed by atoms with Crippen LogP contribution in [0.4, 0.5) is 0 Å². The number of allylic oxidation sites excluding steroid dienone is 1. The van der Waals surface area contributed by atoms with E-state index in [4.69, 9.17) is 4.42 Å². The summed E-state index contributed by atoms with van der Waals surface area (Å²) in [4.78, 5) is 0. The Morgan fingerprint density at radius 3 is 2.50 bits per heavy atom. The Hall–Kier alpha value is -2.28. The van der Waals surface area contributed by atoms with E-state index in [1.165, 1.54) is 22.1 Å². The van der Waals surface area contributed by atoms with Gasteiger partial charge in [0.1, 0.15) is 11.3 Å². The fourth-order valence-electron chi connectivity index (χ4n) is 2.59. The minimum atomic E-state index is 0.912. The molecule has 1 aromatic heterocycles. The number of aryl methyl sites for hydroxylation is 1. The van der Waals surface area contributed by atoms with Gasteiger partial charge in [-0.25, -0.2) is 0 Å². The summed E-state index contributed by atoms with van der Waals surface area (Å²) in [5.41, 5.74) is 4.60. The van der Waals surface area contributed by atoms with Gasteiger partial charge in [-0.3, -0.25) is 0 Å². The van der Waals surface area contributed by atoms with Gasteiger partial charge in [0.2, 0.25) is 0 Å². The van der Waals surface area contributed by atoms with Crippen LogP contribution in [0.25, 0.3) is 28.2 Å². The van der Waals surface area contributed by atoms with E-state index in [1.807, 2.05) is 13.0 Å². The summed E-state index contributed by atoms with van der Waals surface area (Å²) in [6.45, 7) is 4.17. The third-order valence-corrected chi connectivity index (χ3v) is 3.57. The fourth-order valence-corrected chi connectivity index (χ4v) is 2.59. The first-order valence-corrected chi connectivity index (χ1v) is 7.07. The Morgan fingerprint density at radius 2 is 1.80 bits per heavy atom. The summed E-state index contributed by atoms with van der Waals surface area (Å²) in [5, 5.41) is 1.19. The van der Waals surface area contributed by atoms with E-state index < -0.39 is 0 Å². The first-order chi connectivity index (χ1) is 9.83. The largest absolute Gasteiger partial charge is 0.460 e. The molecule has 0 radical (unpaired) electrons. The molecular weight excluding hydrogens is 244 g/mol. The maximum absolute atomic E-state index is 6.01. The highest BCUT2D eigenvalue weighted by atomic mass is 16.3.